The Morgan fingerprint density at radius 3 is 2.45 bits per heavy atom. The van der Waals surface area contributed by atoms with Gasteiger partial charge in [-0.05, 0) is 31.0 Å². The molecule has 0 atom stereocenters. The van der Waals surface area contributed by atoms with Crippen molar-refractivity contribution in [3.05, 3.63) is 24.0 Å². The number of benzene rings is 1. The van der Waals surface area contributed by atoms with E-state index in [4.69, 9.17) is 5.73 Å². The summed E-state index contributed by atoms with van der Waals surface area (Å²) in [6, 6.07) is 4.09. The highest BCUT2D eigenvalue weighted by molar-refractivity contribution is 5.97. The summed E-state index contributed by atoms with van der Waals surface area (Å²) in [4.78, 5) is 23.4. The lowest BCUT2D eigenvalue weighted by Crippen LogP contribution is -2.40. The van der Waals surface area contributed by atoms with Gasteiger partial charge >= 0.3 is 0 Å². The van der Waals surface area contributed by atoms with Crippen molar-refractivity contribution in [1.82, 2.24) is 0 Å². The molecule has 1 aliphatic rings. The van der Waals surface area contributed by atoms with Gasteiger partial charge < -0.3 is 16.4 Å². The van der Waals surface area contributed by atoms with Gasteiger partial charge in [0.05, 0.1) is 11.1 Å². The molecule has 0 spiro atoms. The molecule has 0 saturated heterocycles. The van der Waals surface area contributed by atoms with Gasteiger partial charge in [0, 0.05) is 19.2 Å². The molecule has 1 fully saturated rings. The summed E-state index contributed by atoms with van der Waals surface area (Å²) in [7, 11) is 0. The molecule has 0 aromatic heterocycles. The quantitative estimate of drug-likeness (QED) is 0.794. The molecule has 22 heavy (non-hydrogen) atoms. The molecular formula is C15H21ClFN3O2. The molecule has 2 rings (SSSR count). The van der Waals surface area contributed by atoms with Crippen molar-refractivity contribution in [2.45, 2.75) is 32.6 Å². The normalized spacial score (nSPS) is 15.8. The average molecular weight is 330 g/mol. The first-order chi connectivity index (χ1) is 9.97. The molecule has 0 unspecified atom stereocenters. The fraction of sp³-hybridized carbons (Fsp3) is 0.467. The molecule has 122 valence electrons. The van der Waals surface area contributed by atoms with Crippen LogP contribution in [0.5, 0.6) is 0 Å². The predicted molar refractivity (Wildman–Crippen MR) is 86.5 cm³/mol. The highest BCUT2D eigenvalue weighted by atomic mass is 35.5. The third-order valence-electron chi connectivity index (χ3n) is 3.97. The topological polar surface area (TPSA) is 84.2 Å². The Morgan fingerprint density at radius 2 is 1.91 bits per heavy atom. The standard InChI is InChI=1S/C15H20FN3O2.ClH/c1-10(20)18-13-8-11(4-5-12(13)16)19-14(21)15(9-17)6-2-3-7-15;/h4-5,8H,2-3,6-7,9,17H2,1H3,(H,18,20)(H,19,21);1H. The van der Waals surface area contributed by atoms with E-state index in [2.05, 4.69) is 10.6 Å². The molecule has 1 aromatic rings. The van der Waals surface area contributed by atoms with Crippen LogP contribution in [0.2, 0.25) is 0 Å². The Balaban J connectivity index is 0.00000242. The fourth-order valence-electron chi connectivity index (χ4n) is 2.73. The van der Waals surface area contributed by atoms with Crippen molar-refractivity contribution >= 4 is 35.6 Å². The van der Waals surface area contributed by atoms with Crippen LogP contribution < -0.4 is 16.4 Å². The molecule has 2 amide bonds. The van der Waals surface area contributed by atoms with Gasteiger partial charge in [0.25, 0.3) is 0 Å². The van der Waals surface area contributed by atoms with E-state index >= 15 is 0 Å². The Labute approximate surface area is 135 Å². The second-order valence-corrected chi connectivity index (χ2v) is 5.52. The van der Waals surface area contributed by atoms with Crippen LogP contribution in [0.25, 0.3) is 0 Å². The van der Waals surface area contributed by atoms with Gasteiger partial charge in [-0.2, -0.15) is 0 Å². The summed E-state index contributed by atoms with van der Waals surface area (Å²) in [5.74, 6) is -1.05. The van der Waals surface area contributed by atoms with Crippen LogP contribution in [0.4, 0.5) is 15.8 Å². The van der Waals surface area contributed by atoms with Crippen LogP contribution in [0.1, 0.15) is 32.6 Å². The molecule has 4 N–H and O–H groups in total. The first-order valence-electron chi connectivity index (χ1n) is 7.05. The molecule has 0 radical (unpaired) electrons. The molecule has 1 aromatic carbocycles. The van der Waals surface area contributed by atoms with Crippen molar-refractivity contribution in [3.63, 3.8) is 0 Å². The lowest BCUT2D eigenvalue weighted by atomic mass is 9.85. The van der Waals surface area contributed by atoms with Crippen molar-refractivity contribution in [2.75, 3.05) is 17.2 Å². The van der Waals surface area contributed by atoms with Crippen LogP contribution in [0, 0.1) is 11.2 Å². The Morgan fingerprint density at radius 1 is 1.27 bits per heavy atom. The second-order valence-electron chi connectivity index (χ2n) is 5.52. The van der Waals surface area contributed by atoms with Crippen LogP contribution in [-0.4, -0.2) is 18.4 Å². The number of hydrogen-bond acceptors (Lipinski definition) is 3. The van der Waals surface area contributed by atoms with Gasteiger partial charge in [0.2, 0.25) is 11.8 Å². The zero-order chi connectivity index (χ0) is 15.5. The highest BCUT2D eigenvalue weighted by Gasteiger charge is 2.39. The smallest absolute Gasteiger partial charge is 0.231 e. The van der Waals surface area contributed by atoms with Crippen LogP contribution >= 0.6 is 12.4 Å². The molecule has 5 nitrogen and oxygen atoms in total. The number of nitrogens with one attached hydrogen (secondary N) is 2. The predicted octanol–water partition coefficient (Wildman–Crippen LogP) is 2.66. The van der Waals surface area contributed by atoms with Crippen molar-refractivity contribution in [3.8, 4) is 0 Å². The summed E-state index contributed by atoms with van der Waals surface area (Å²) < 4.78 is 13.6. The van der Waals surface area contributed by atoms with Crippen molar-refractivity contribution < 1.29 is 14.0 Å². The first kappa shape index (κ1) is 18.4. The second kappa shape index (κ2) is 7.56. The minimum atomic E-state index is -0.544. The summed E-state index contributed by atoms with van der Waals surface area (Å²) in [6.45, 7) is 1.60. The number of hydrogen-bond donors (Lipinski definition) is 3. The van der Waals surface area contributed by atoms with E-state index in [1.807, 2.05) is 0 Å². The Hall–Kier alpha value is -1.66. The number of carbonyl (C=O) groups excluding carboxylic acids is 2. The number of amides is 2. The van der Waals surface area contributed by atoms with E-state index in [-0.39, 0.29) is 29.9 Å². The number of nitrogens with two attached hydrogens (primary N) is 1. The third-order valence-corrected chi connectivity index (χ3v) is 3.97. The van der Waals surface area contributed by atoms with E-state index in [1.54, 1.807) is 0 Å². The highest BCUT2D eigenvalue weighted by Crippen LogP contribution is 2.38. The van der Waals surface area contributed by atoms with Crippen molar-refractivity contribution in [1.29, 1.82) is 0 Å². The van der Waals surface area contributed by atoms with Gasteiger partial charge in [0.1, 0.15) is 5.82 Å². The van der Waals surface area contributed by atoms with Gasteiger partial charge in [-0.15, -0.1) is 12.4 Å². The lowest BCUT2D eigenvalue weighted by molar-refractivity contribution is -0.124. The molecular weight excluding hydrogens is 309 g/mol. The van der Waals surface area contributed by atoms with E-state index in [1.165, 1.54) is 25.1 Å². The van der Waals surface area contributed by atoms with Gasteiger partial charge in [0.15, 0.2) is 0 Å². The monoisotopic (exact) mass is 329 g/mol. The number of halogens is 2. The number of anilines is 2. The van der Waals surface area contributed by atoms with Gasteiger partial charge in [-0.25, -0.2) is 4.39 Å². The minimum Gasteiger partial charge on any atom is -0.329 e. The van der Waals surface area contributed by atoms with Crippen LogP contribution in [0.3, 0.4) is 0 Å². The van der Waals surface area contributed by atoms with E-state index < -0.39 is 11.2 Å². The maximum Gasteiger partial charge on any atom is 0.231 e. The molecule has 0 heterocycles. The van der Waals surface area contributed by atoms with E-state index in [0.29, 0.717) is 12.2 Å². The maximum absolute atomic E-state index is 13.6. The molecule has 0 aliphatic heterocycles. The average Bonchev–Trinajstić information content (AvgIpc) is 2.92. The van der Waals surface area contributed by atoms with Gasteiger partial charge in [-0.1, -0.05) is 12.8 Å². The zero-order valence-corrected chi connectivity index (χ0v) is 13.3. The maximum atomic E-state index is 13.6. The Bertz CT molecular complexity index is 560. The van der Waals surface area contributed by atoms with Crippen LogP contribution in [-0.2, 0) is 9.59 Å². The zero-order valence-electron chi connectivity index (χ0n) is 12.4. The van der Waals surface area contributed by atoms with E-state index in [9.17, 15) is 14.0 Å². The van der Waals surface area contributed by atoms with Gasteiger partial charge in [-0.3, -0.25) is 9.59 Å². The molecule has 7 heteroatoms. The van der Waals surface area contributed by atoms with Crippen LogP contribution in [0.15, 0.2) is 18.2 Å². The SMILES string of the molecule is CC(=O)Nc1cc(NC(=O)C2(CN)CCCC2)ccc1F.Cl. The minimum absolute atomic E-state index is 0. The molecule has 1 saturated carbocycles. The molecule has 1 aliphatic carbocycles. The summed E-state index contributed by atoms with van der Waals surface area (Å²) in [6.07, 6.45) is 3.53. The van der Waals surface area contributed by atoms with Crippen molar-refractivity contribution in [2.24, 2.45) is 11.1 Å². The fourth-order valence-corrected chi connectivity index (χ4v) is 2.73. The largest absolute Gasteiger partial charge is 0.329 e. The summed E-state index contributed by atoms with van der Waals surface area (Å²) >= 11 is 0. The number of rotatable bonds is 4. The number of carbonyl (C=O) groups is 2. The molecule has 0 bridgehead atoms. The third kappa shape index (κ3) is 3.96. The van der Waals surface area contributed by atoms with E-state index in [0.717, 1.165) is 25.7 Å². The first-order valence-corrected chi connectivity index (χ1v) is 7.05. The summed E-state index contributed by atoms with van der Waals surface area (Å²) in [5.41, 5.74) is 5.74. The lowest BCUT2D eigenvalue weighted by Gasteiger charge is -2.25. The summed E-state index contributed by atoms with van der Waals surface area (Å²) in [5, 5.41) is 5.17. The Kier molecular flexibility index (Phi) is 6.32.